The summed E-state index contributed by atoms with van der Waals surface area (Å²) < 4.78 is 2.33. The van der Waals surface area contributed by atoms with Gasteiger partial charge in [0.25, 0.3) is 0 Å². The number of hydrogen-bond donors (Lipinski definition) is 0. The van der Waals surface area contributed by atoms with E-state index in [0.717, 1.165) is 66.4 Å². The fraction of sp³-hybridized carbons (Fsp3) is 0. The molecule has 0 atom stereocenters. The first-order valence-corrected chi connectivity index (χ1v) is 25.8. The van der Waals surface area contributed by atoms with Crippen molar-refractivity contribution >= 4 is 56.3 Å². The van der Waals surface area contributed by atoms with Gasteiger partial charge in [-0.1, -0.05) is 206 Å². The maximum Gasteiger partial charge on any atom is 0.189 e. The van der Waals surface area contributed by atoms with Gasteiger partial charge in [-0.05, 0) is 91.5 Å². The van der Waals surface area contributed by atoms with Crippen LogP contribution >= 0.6 is 0 Å². The SMILES string of the molecule is [C-]#[N+]c1cc(C#N)cc(-c2ccc3c(c2)c2ccccc2n3-c2cc(-c3cccc([Si](c4ccccc4)(c4ccccc4)c4ccccc4)c3)ccc2-c2nc(-c3ccccc3)nc(-c3ccccc3)n2)c1. The monoisotopic (exact) mass is 934 g/mol. The Morgan fingerprint density at radius 2 is 0.875 bits per heavy atom. The molecule has 336 valence electrons. The molecular formula is C65H42N6Si. The number of fused-ring (bicyclic) bond motifs is 3. The lowest BCUT2D eigenvalue weighted by Gasteiger charge is -2.34. The van der Waals surface area contributed by atoms with Gasteiger partial charge in [-0.2, -0.15) is 5.26 Å². The van der Waals surface area contributed by atoms with Gasteiger partial charge in [0, 0.05) is 33.0 Å². The van der Waals surface area contributed by atoms with Gasteiger partial charge in [-0.15, -0.1) is 0 Å². The number of benzene rings is 10. The molecule has 0 aliphatic heterocycles. The Kier molecular flexibility index (Phi) is 11.2. The molecule has 0 saturated carbocycles. The van der Waals surface area contributed by atoms with Gasteiger partial charge in [0.2, 0.25) is 0 Å². The van der Waals surface area contributed by atoms with Crippen LogP contribution in [0.3, 0.4) is 0 Å². The molecule has 6 nitrogen and oxygen atoms in total. The summed E-state index contributed by atoms with van der Waals surface area (Å²) in [4.78, 5) is 19.3. The van der Waals surface area contributed by atoms with Crippen LogP contribution in [0.4, 0.5) is 5.69 Å². The minimum absolute atomic E-state index is 0.426. The molecule has 12 rings (SSSR count). The third-order valence-corrected chi connectivity index (χ3v) is 18.4. The maximum absolute atomic E-state index is 9.90. The van der Waals surface area contributed by atoms with Crippen molar-refractivity contribution in [2.75, 3.05) is 0 Å². The molecule has 10 aromatic carbocycles. The van der Waals surface area contributed by atoms with Crippen molar-refractivity contribution < 1.29 is 0 Å². The topological polar surface area (TPSA) is 71.8 Å². The fourth-order valence-electron chi connectivity index (χ4n) is 10.3. The van der Waals surface area contributed by atoms with Crippen LogP contribution in [0, 0.1) is 17.9 Å². The zero-order chi connectivity index (χ0) is 48.4. The highest BCUT2D eigenvalue weighted by Gasteiger charge is 2.41. The lowest BCUT2D eigenvalue weighted by atomic mass is 10.00. The first kappa shape index (κ1) is 43.5. The average Bonchev–Trinajstić information content (AvgIpc) is 3.80. The summed E-state index contributed by atoms with van der Waals surface area (Å²) in [6.07, 6.45) is 0. The van der Waals surface area contributed by atoms with Crippen molar-refractivity contribution in [1.82, 2.24) is 19.5 Å². The quantitative estimate of drug-likeness (QED) is 0.0778. The smallest absolute Gasteiger partial charge is 0.189 e. The van der Waals surface area contributed by atoms with E-state index in [9.17, 15) is 5.26 Å². The van der Waals surface area contributed by atoms with Gasteiger partial charge in [-0.25, -0.2) is 19.8 Å². The van der Waals surface area contributed by atoms with Crippen molar-refractivity contribution in [3.8, 4) is 68.2 Å². The van der Waals surface area contributed by atoms with E-state index in [1.54, 1.807) is 6.07 Å². The fourth-order valence-corrected chi connectivity index (χ4v) is 15.1. The molecular weight excluding hydrogens is 893 g/mol. The lowest BCUT2D eigenvalue weighted by molar-refractivity contribution is 1.06. The first-order chi connectivity index (χ1) is 35.6. The highest BCUT2D eigenvalue weighted by atomic mass is 28.3. The summed E-state index contributed by atoms with van der Waals surface area (Å²) in [5.41, 5.74) is 10.2. The van der Waals surface area contributed by atoms with Crippen LogP contribution in [0.25, 0.3) is 88.8 Å². The van der Waals surface area contributed by atoms with Crippen molar-refractivity contribution in [1.29, 1.82) is 5.26 Å². The molecule has 0 fully saturated rings. The van der Waals surface area contributed by atoms with Crippen LogP contribution in [-0.2, 0) is 0 Å². The van der Waals surface area contributed by atoms with E-state index in [2.05, 4.69) is 191 Å². The van der Waals surface area contributed by atoms with Crippen molar-refractivity contribution in [2.24, 2.45) is 0 Å². The Morgan fingerprint density at radius 1 is 0.389 bits per heavy atom. The maximum atomic E-state index is 9.90. The lowest BCUT2D eigenvalue weighted by Crippen LogP contribution is -2.74. The molecule has 0 saturated heterocycles. The summed E-state index contributed by atoms with van der Waals surface area (Å²) >= 11 is 0. The molecule has 0 bridgehead atoms. The summed E-state index contributed by atoms with van der Waals surface area (Å²) in [7, 11) is -2.86. The van der Waals surface area contributed by atoms with Gasteiger partial charge in [-0.3, -0.25) is 0 Å². The molecule has 0 N–H and O–H groups in total. The Hall–Kier alpha value is -9.79. The predicted molar refractivity (Wildman–Crippen MR) is 296 cm³/mol. The van der Waals surface area contributed by atoms with Gasteiger partial charge in [0.05, 0.1) is 29.4 Å². The minimum Gasteiger partial charge on any atom is -0.308 e. The van der Waals surface area contributed by atoms with Crippen LogP contribution in [0.1, 0.15) is 5.56 Å². The number of hydrogen-bond acceptors (Lipinski definition) is 4. The summed E-state index contributed by atoms with van der Waals surface area (Å²) in [6.45, 7) is 7.77. The summed E-state index contributed by atoms with van der Waals surface area (Å²) in [5, 5.41) is 17.2. The molecule has 0 aliphatic carbocycles. The molecule has 0 amide bonds. The third-order valence-electron chi connectivity index (χ3n) is 13.6. The van der Waals surface area contributed by atoms with E-state index < -0.39 is 8.07 Å². The zero-order valence-electron chi connectivity index (χ0n) is 38.9. The van der Waals surface area contributed by atoms with Gasteiger partial charge in [0.1, 0.15) is 0 Å². The Labute approximate surface area is 418 Å². The second kappa shape index (κ2) is 18.6. The van der Waals surface area contributed by atoms with Crippen LogP contribution < -0.4 is 20.7 Å². The highest BCUT2D eigenvalue weighted by molar-refractivity contribution is 7.19. The van der Waals surface area contributed by atoms with Crippen LogP contribution in [0.2, 0.25) is 0 Å². The second-order valence-electron chi connectivity index (χ2n) is 17.8. The summed E-state index contributed by atoms with van der Waals surface area (Å²) in [5.74, 6) is 1.71. The standard InChI is InChI=1S/C65H42N6Si/c1-67-52-39-45(44-66)38-51(40-52)49-35-37-61-59(42-49)57-32-17-18-33-60(57)71(61)62-43-50(34-36-58(62)65-69-63(46-20-7-2-8-21-46)68-64(70-65)47-22-9-3-10-23-47)48-24-19-31-56(41-48)72(53-25-11-4-12-26-53,54-27-13-5-14-28-54)55-29-15-6-16-30-55/h2-43H. The van der Waals surface area contributed by atoms with Gasteiger partial charge >= 0.3 is 0 Å². The molecule has 0 spiro atoms. The van der Waals surface area contributed by atoms with Crippen molar-refractivity contribution in [2.45, 2.75) is 0 Å². The summed E-state index contributed by atoms with van der Waals surface area (Å²) in [6, 6.07) is 91.5. The normalized spacial score (nSPS) is 11.3. The zero-order valence-corrected chi connectivity index (χ0v) is 39.9. The van der Waals surface area contributed by atoms with Crippen LogP contribution in [-0.4, -0.2) is 27.6 Å². The van der Waals surface area contributed by atoms with E-state index in [0.29, 0.717) is 28.7 Å². The molecule has 0 aliphatic rings. The van der Waals surface area contributed by atoms with Gasteiger partial charge in [0.15, 0.2) is 31.2 Å². The molecule has 2 aromatic heterocycles. The molecule has 12 aromatic rings. The first-order valence-electron chi connectivity index (χ1n) is 23.8. The highest BCUT2D eigenvalue weighted by Crippen LogP contribution is 2.40. The molecule has 72 heavy (non-hydrogen) atoms. The molecule has 2 heterocycles. The van der Waals surface area contributed by atoms with E-state index in [1.807, 2.05) is 72.8 Å². The number of rotatable bonds is 10. The van der Waals surface area contributed by atoms with E-state index in [-0.39, 0.29) is 0 Å². The molecule has 0 radical (unpaired) electrons. The van der Waals surface area contributed by atoms with Crippen LogP contribution in [0.5, 0.6) is 0 Å². The molecule has 7 heteroatoms. The number of para-hydroxylation sites is 1. The number of aromatic nitrogens is 4. The Bertz CT molecular complexity index is 3860. The van der Waals surface area contributed by atoms with E-state index in [4.69, 9.17) is 21.5 Å². The van der Waals surface area contributed by atoms with E-state index in [1.165, 1.54) is 20.7 Å². The van der Waals surface area contributed by atoms with Crippen molar-refractivity contribution in [3.05, 3.63) is 272 Å². The number of nitriles is 1. The van der Waals surface area contributed by atoms with Crippen molar-refractivity contribution in [3.63, 3.8) is 0 Å². The molecule has 0 unspecified atom stereocenters. The average molecular weight is 935 g/mol. The minimum atomic E-state index is -2.86. The number of nitrogens with zero attached hydrogens (tertiary/aromatic N) is 6. The van der Waals surface area contributed by atoms with Crippen LogP contribution in [0.15, 0.2) is 255 Å². The largest absolute Gasteiger partial charge is 0.308 e. The third kappa shape index (κ3) is 7.73. The Morgan fingerprint density at radius 3 is 1.47 bits per heavy atom. The van der Waals surface area contributed by atoms with E-state index >= 15 is 0 Å². The second-order valence-corrected chi connectivity index (χ2v) is 21.6. The Balaban J connectivity index is 1.13. The predicted octanol–water partition coefficient (Wildman–Crippen LogP) is 13.1. The van der Waals surface area contributed by atoms with Gasteiger partial charge < -0.3 is 4.57 Å².